The molecule has 0 spiro atoms. The Hall–Kier alpha value is -2.57. The largest absolute Gasteiger partial charge is 0.395 e. The second-order valence-electron chi connectivity index (χ2n) is 10.4. The zero-order chi connectivity index (χ0) is 24.3. The minimum atomic E-state index is -0.603. The van der Waals surface area contributed by atoms with Crippen LogP contribution in [-0.4, -0.2) is 38.6 Å². The molecule has 1 fully saturated rings. The maximum atomic E-state index is 9.86. The van der Waals surface area contributed by atoms with Crippen LogP contribution in [0.15, 0.2) is 42.3 Å². The van der Waals surface area contributed by atoms with Crippen LogP contribution >= 0.6 is 0 Å². The van der Waals surface area contributed by atoms with Gasteiger partial charge in [-0.25, -0.2) is 10.9 Å². The first kappa shape index (κ1) is 25.1. The van der Waals surface area contributed by atoms with Crippen LogP contribution in [0.2, 0.25) is 0 Å². The van der Waals surface area contributed by atoms with E-state index in [0.29, 0.717) is 17.7 Å². The zero-order valence-electron chi connectivity index (χ0n) is 19.9. The molecule has 0 amide bonds. The maximum Gasteiger partial charge on any atom is 0.0992 e. The molecule has 8 nitrogen and oxygen atoms in total. The van der Waals surface area contributed by atoms with Crippen molar-refractivity contribution in [1.29, 1.82) is 5.26 Å². The van der Waals surface area contributed by atoms with Gasteiger partial charge in [0.1, 0.15) is 0 Å². The number of nitrogens with zero attached hydrogens (tertiary/aromatic N) is 4. The molecule has 0 saturated heterocycles. The summed E-state index contributed by atoms with van der Waals surface area (Å²) >= 11 is 0. The van der Waals surface area contributed by atoms with E-state index in [4.69, 9.17) is 16.5 Å². The van der Waals surface area contributed by atoms with Crippen LogP contribution in [0, 0.1) is 22.2 Å². The van der Waals surface area contributed by atoms with Crippen molar-refractivity contribution in [3.8, 4) is 6.07 Å². The van der Waals surface area contributed by atoms with Gasteiger partial charge in [-0.15, -0.1) is 0 Å². The van der Waals surface area contributed by atoms with Gasteiger partial charge in [-0.3, -0.25) is 9.83 Å². The number of fused-ring (bicyclic) bond motifs is 1. The van der Waals surface area contributed by atoms with Crippen molar-refractivity contribution >= 4 is 16.7 Å². The lowest BCUT2D eigenvalue weighted by atomic mass is 9.66. The minimum absolute atomic E-state index is 0.0695. The molecule has 0 radical (unpaired) electrons. The van der Waals surface area contributed by atoms with E-state index in [2.05, 4.69) is 34.1 Å². The second-order valence-corrected chi connectivity index (χ2v) is 10.4. The number of aliphatic hydroxyl groups is 1. The summed E-state index contributed by atoms with van der Waals surface area (Å²) in [7, 11) is 0. The molecule has 3 atom stereocenters. The number of benzene rings is 1. The Labute approximate surface area is 195 Å². The van der Waals surface area contributed by atoms with Crippen molar-refractivity contribution in [2.75, 3.05) is 6.61 Å². The van der Waals surface area contributed by atoms with Gasteiger partial charge < -0.3 is 15.4 Å². The summed E-state index contributed by atoms with van der Waals surface area (Å²) in [6.45, 7) is 10.4. The lowest BCUT2D eigenvalue weighted by Gasteiger charge is -2.46. The molecular formula is C25H36N6O2. The van der Waals surface area contributed by atoms with E-state index >= 15 is 0 Å². The van der Waals surface area contributed by atoms with Crippen molar-refractivity contribution in [2.45, 2.75) is 71.1 Å². The lowest BCUT2D eigenvalue weighted by molar-refractivity contribution is -0.112. The highest BCUT2D eigenvalue weighted by Crippen LogP contribution is 2.46. The van der Waals surface area contributed by atoms with E-state index in [1.165, 1.54) is 6.20 Å². The molecule has 1 aromatic carbocycles. The average molecular weight is 453 g/mol. The molecular weight excluding hydrogens is 416 g/mol. The Morgan fingerprint density at radius 2 is 2.24 bits per heavy atom. The van der Waals surface area contributed by atoms with E-state index in [-0.39, 0.29) is 12.0 Å². The van der Waals surface area contributed by atoms with Gasteiger partial charge in [-0.2, -0.15) is 5.26 Å². The molecule has 0 aliphatic heterocycles. The van der Waals surface area contributed by atoms with Gasteiger partial charge >= 0.3 is 0 Å². The maximum absolute atomic E-state index is 9.86. The fourth-order valence-electron chi connectivity index (χ4n) is 5.36. The SMILES string of the molecule is C=C/N=C(\C(N)C[C@@]1(ON)CCC[C@](C)(Cn2cnc3ccc(C#N)cc32)C1)C(C)(C)CO. The number of aliphatic imine (C=N–C) groups is 1. The van der Waals surface area contributed by atoms with Gasteiger partial charge in [0.25, 0.3) is 0 Å². The number of nitriles is 1. The van der Waals surface area contributed by atoms with Gasteiger partial charge in [0, 0.05) is 29.9 Å². The molecule has 1 saturated carbocycles. The van der Waals surface area contributed by atoms with Gasteiger partial charge in [-0.05, 0) is 55.7 Å². The van der Waals surface area contributed by atoms with Crippen LogP contribution in [0.3, 0.4) is 0 Å². The van der Waals surface area contributed by atoms with E-state index in [1.54, 1.807) is 6.07 Å². The molecule has 1 aromatic heterocycles. The average Bonchev–Trinajstić information content (AvgIpc) is 3.18. The number of hydrogen-bond donors (Lipinski definition) is 3. The van der Waals surface area contributed by atoms with Gasteiger partial charge in [0.15, 0.2) is 0 Å². The number of nitrogens with two attached hydrogens (primary N) is 2. The Balaban J connectivity index is 1.85. The van der Waals surface area contributed by atoms with Crippen molar-refractivity contribution in [1.82, 2.24) is 9.55 Å². The molecule has 5 N–H and O–H groups in total. The summed E-state index contributed by atoms with van der Waals surface area (Å²) in [6.07, 6.45) is 7.29. The molecule has 8 heteroatoms. The van der Waals surface area contributed by atoms with Crippen molar-refractivity contribution in [3.05, 3.63) is 42.9 Å². The predicted octanol–water partition coefficient (Wildman–Crippen LogP) is 3.44. The van der Waals surface area contributed by atoms with E-state index < -0.39 is 17.1 Å². The Bertz CT molecular complexity index is 1070. The monoisotopic (exact) mass is 452 g/mol. The molecule has 178 valence electrons. The third kappa shape index (κ3) is 5.33. The van der Waals surface area contributed by atoms with E-state index in [1.807, 2.05) is 32.3 Å². The number of rotatable bonds is 9. The third-order valence-corrected chi connectivity index (χ3v) is 6.98. The highest BCUT2D eigenvalue weighted by molar-refractivity contribution is 5.94. The fraction of sp³-hybridized carbons (Fsp3) is 0.560. The lowest BCUT2D eigenvalue weighted by Crippen LogP contribution is -2.52. The van der Waals surface area contributed by atoms with Crippen LogP contribution < -0.4 is 11.6 Å². The first-order valence-electron chi connectivity index (χ1n) is 11.4. The van der Waals surface area contributed by atoms with Gasteiger partial charge in [0.05, 0.1) is 41.2 Å². The standard InChI is InChI=1S/C25H36N6O2/c1-5-29-22(23(2,3)16-32)19(27)12-25(33-28)10-6-9-24(4,14-25)15-31-17-30-20-8-7-18(13-26)11-21(20)31/h5,7-8,11,17,19,32H,1,6,9-10,12,14-16,27-28H2,2-4H3/b29-22+/t19?,24-,25-/m0/s1. The number of aliphatic hydroxyl groups excluding tert-OH is 1. The minimum Gasteiger partial charge on any atom is -0.395 e. The third-order valence-electron chi connectivity index (χ3n) is 6.98. The first-order valence-corrected chi connectivity index (χ1v) is 11.4. The van der Waals surface area contributed by atoms with Crippen LogP contribution in [0.1, 0.15) is 58.4 Å². The first-order chi connectivity index (χ1) is 15.6. The molecule has 33 heavy (non-hydrogen) atoms. The van der Waals surface area contributed by atoms with Crippen LogP contribution in [-0.2, 0) is 11.4 Å². The molecule has 0 bridgehead atoms. The van der Waals surface area contributed by atoms with E-state index in [9.17, 15) is 10.4 Å². The predicted molar refractivity (Wildman–Crippen MR) is 130 cm³/mol. The molecule has 1 aliphatic rings. The number of hydrogen-bond acceptors (Lipinski definition) is 7. The Kier molecular flexibility index (Phi) is 7.39. The summed E-state index contributed by atoms with van der Waals surface area (Å²) in [4.78, 5) is 14.6. The van der Waals surface area contributed by atoms with E-state index in [0.717, 1.165) is 43.3 Å². The molecule has 1 heterocycles. The van der Waals surface area contributed by atoms with Crippen LogP contribution in [0.4, 0.5) is 0 Å². The van der Waals surface area contributed by atoms with Crippen molar-refractivity contribution in [2.24, 2.45) is 27.5 Å². The quantitative estimate of drug-likeness (QED) is 0.394. The summed E-state index contributed by atoms with van der Waals surface area (Å²) < 4.78 is 2.11. The molecule has 1 unspecified atom stereocenters. The highest BCUT2D eigenvalue weighted by atomic mass is 16.6. The summed E-state index contributed by atoms with van der Waals surface area (Å²) in [5, 5.41) is 19.1. The van der Waals surface area contributed by atoms with Gasteiger partial charge in [-0.1, -0.05) is 27.4 Å². The molecule has 2 aromatic rings. The second kappa shape index (κ2) is 9.74. The highest BCUT2D eigenvalue weighted by Gasteiger charge is 2.46. The zero-order valence-corrected chi connectivity index (χ0v) is 19.9. The smallest absolute Gasteiger partial charge is 0.0992 e. The summed E-state index contributed by atoms with van der Waals surface area (Å²) in [5.74, 6) is 5.90. The normalized spacial score (nSPS) is 25.1. The van der Waals surface area contributed by atoms with Crippen LogP contribution in [0.5, 0.6) is 0 Å². The number of aromatic nitrogens is 2. The summed E-state index contributed by atoms with van der Waals surface area (Å²) in [6, 6.07) is 7.32. The van der Waals surface area contributed by atoms with Crippen molar-refractivity contribution < 1.29 is 9.94 Å². The van der Waals surface area contributed by atoms with Crippen molar-refractivity contribution in [3.63, 3.8) is 0 Å². The van der Waals surface area contributed by atoms with Crippen LogP contribution in [0.25, 0.3) is 11.0 Å². The van der Waals surface area contributed by atoms with Gasteiger partial charge in [0.2, 0.25) is 0 Å². The molecule has 1 aliphatic carbocycles. The summed E-state index contributed by atoms with van der Waals surface area (Å²) in [5.41, 5.74) is 8.46. The molecule has 3 rings (SSSR count). The topological polar surface area (TPSA) is 135 Å². The Morgan fingerprint density at radius 1 is 1.48 bits per heavy atom. The fourth-order valence-corrected chi connectivity index (χ4v) is 5.36. The number of imidazole rings is 1. The Morgan fingerprint density at radius 3 is 2.88 bits per heavy atom.